The number of aliphatic hydroxyl groups is 1. The first-order chi connectivity index (χ1) is 19.0. The number of nitrogens with two attached hydrogens (primary N) is 1. The fourth-order valence-electron chi connectivity index (χ4n) is 6.44. The fraction of sp³-hybridized carbons (Fsp3) is 0.667. The highest BCUT2D eigenvalue weighted by atomic mass is 32.2. The third kappa shape index (κ3) is 5.18. The zero-order valence-corrected chi connectivity index (χ0v) is 23.4. The van der Waals surface area contributed by atoms with Gasteiger partial charge in [0.15, 0.2) is 17.4 Å². The number of aromatic nitrogens is 3. The van der Waals surface area contributed by atoms with Crippen LogP contribution in [0.1, 0.15) is 31.9 Å². The van der Waals surface area contributed by atoms with Crippen molar-refractivity contribution in [2.24, 2.45) is 17.1 Å². The second-order valence-corrected chi connectivity index (χ2v) is 12.2. The van der Waals surface area contributed by atoms with Crippen LogP contribution in [-0.2, 0) is 20.8 Å². The molecule has 0 aromatic carbocycles. The number of ether oxygens (including phenoxy) is 4. The van der Waals surface area contributed by atoms with Crippen LogP contribution >= 0.6 is 11.8 Å². The van der Waals surface area contributed by atoms with Crippen LogP contribution in [0.3, 0.4) is 0 Å². The van der Waals surface area contributed by atoms with Gasteiger partial charge in [0.2, 0.25) is 0 Å². The maximum Gasteiger partial charge on any atom is 0.175 e. The average molecular weight is 559 g/mol. The average Bonchev–Trinajstić information content (AvgIpc) is 3.50. The van der Waals surface area contributed by atoms with Crippen LogP contribution in [0.5, 0.6) is 5.75 Å². The lowest BCUT2D eigenvalue weighted by Gasteiger charge is -2.41. The number of rotatable bonds is 8. The lowest BCUT2D eigenvalue weighted by atomic mass is 9.73. The highest BCUT2D eigenvalue weighted by Gasteiger charge is 2.48. The minimum atomic E-state index is -0.176. The molecule has 4 atom stereocenters. The fourth-order valence-corrected chi connectivity index (χ4v) is 7.30. The molecule has 0 saturated carbocycles. The van der Waals surface area contributed by atoms with E-state index >= 15 is 0 Å². The van der Waals surface area contributed by atoms with Gasteiger partial charge >= 0.3 is 0 Å². The highest BCUT2D eigenvalue weighted by molar-refractivity contribution is 7.99. The SMILES string of the molecule is COCOCC1CC2COc3c(Sc4cnc(N5CCC6(CC5)COC(C)C6N)c(CO)n4)ccnc3N2C1. The summed E-state index contributed by atoms with van der Waals surface area (Å²) in [6.07, 6.45) is 6.59. The van der Waals surface area contributed by atoms with Crippen molar-refractivity contribution in [1.82, 2.24) is 15.0 Å². The topological polar surface area (TPSA) is 128 Å². The van der Waals surface area contributed by atoms with E-state index in [0.29, 0.717) is 42.7 Å². The summed E-state index contributed by atoms with van der Waals surface area (Å²) in [4.78, 5) is 19.7. The van der Waals surface area contributed by atoms with Gasteiger partial charge in [-0.1, -0.05) is 11.8 Å². The Hall–Kier alpha value is -2.22. The van der Waals surface area contributed by atoms with E-state index in [-0.39, 0.29) is 24.2 Å². The molecule has 0 aliphatic carbocycles. The normalized spacial score (nSPS) is 27.5. The molecule has 0 amide bonds. The molecule has 4 unspecified atom stereocenters. The molecule has 39 heavy (non-hydrogen) atoms. The summed E-state index contributed by atoms with van der Waals surface area (Å²) in [5, 5.41) is 10.9. The number of methoxy groups -OCH3 is 1. The summed E-state index contributed by atoms with van der Waals surface area (Å²) >= 11 is 1.49. The van der Waals surface area contributed by atoms with E-state index in [4.69, 9.17) is 34.6 Å². The maximum atomic E-state index is 10.2. The summed E-state index contributed by atoms with van der Waals surface area (Å²) in [6, 6.07) is 2.30. The van der Waals surface area contributed by atoms with Crippen molar-refractivity contribution < 1.29 is 24.1 Å². The third-order valence-electron chi connectivity index (χ3n) is 8.67. The Labute approximate surface area is 233 Å². The highest BCUT2D eigenvalue weighted by Crippen LogP contribution is 2.45. The number of piperidine rings is 1. The Balaban J connectivity index is 1.15. The van der Waals surface area contributed by atoms with E-state index in [9.17, 15) is 5.11 Å². The Bertz CT molecular complexity index is 1170. The standard InChI is InChI=1S/C27H38N6O5S/c1-17-24(28)27(15-38-17)4-7-32(8-5-27)25-20(12-34)31-22(10-30-25)39-21-3-6-29-26-23(21)37-14-19-9-18(11-33(19)26)13-36-16-35-2/h3,6,10,17-19,24,34H,4-5,7-9,11-16,28H2,1-2H3. The van der Waals surface area contributed by atoms with Gasteiger partial charge in [-0.05, 0) is 32.3 Å². The van der Waals surface area contributed by atoms with Gasteiger partial charge in [-0.25, -0.2) is 15.0 Å². The van der Waals surface area contributed by atoms with Gasteiger partial charge in [0.05, 0.1) is 43.1 Å². The number of fused-ring (bicyclic) bond motifs is 3. The molecule has 3 N–H and O–H groups in total. The zero-order valence-electron chi connectivity index (χ0n) is 22.6. The Morgan fingerprint density at radius 1 is 1.26 bits per heavy atom. The summed E-state index contributed by atoms with van der Waals surface area (Å²) in [5.74, 6) is 2.79. The van der Waals surface area contributed by atoms with Crippen LogP contribution < -0.4 is 20.3 Å². The smallest absolute Gasteiger partial charge is 0.175 e. The van der Waals surface area contributed by atoms with Crippen molar-refractivity contribution in [3.05, 3.63) is 24.2 Å². The van der Waals surface area contributed by atoms with E-state index in [1.807, 2.05) is 12.3 Å². The predicted molar refractivity (Wildman–Crippen MR) is 146 cm³/mol. The van der Waals surface area contributed by atoms with Crippen LogP contribution in [0.15, 0.2) is 28.4 Å². The second kappa shape index (κ2) is 11.3. The summed E-state index contributed by atoms with van der Waals surface area (Å²) in [6.45, 7) is 6.70. The molecule has 3 fully saturated rings. The first-order valence-electron chi connectivity index (χ1n) is 13.7. The Kier molecular flexibility index (Phi) is 7.84. The number of nitrogens with zero attached hydrogens (tertiary/aromatic N) is 5. The molecule has 1 spiro atoms. The molecule has 2 aromatic rings. The molecular weight excluding hydrogens is 520 g/mol. The van der Waals surface area contributed by atoms with Crippen molar-refractivity contribution in [1.29, 1.82) is 0 Å². The van der Waals surface area contributed by atoms with E-state index in [1.165, 1.54) is 11.8 Å². The molecule has 6 heterocycles. The summed E-state index contributed by atoms with van der Waals surface area (Å²) in [5.41, 5.74) is 7.10. The van der Waals surface area contributed by atoms with Crippen LogP contribution in [0, 0.1) is 11.3 Å². The molecule has 11 nitrogen and oxygen atoms in total. The van der Waals surface area contributed by atoms with Crippen LogP contribution in [0.25, 0.3) is 0 Å². The van der Waals surface area contributed by atoms with E-state index in [0.717, 1.165) is 67.8 Å². The van der Waals surface area contributed by atoms with Crippen LogP contribution in [0.4, 0.5) is 11.6 Å². The quantitative estimate of drug-likeness (QED) is 0.363. The lowest BCUT2D eigenvalue weighted by molar-refractivity contribution is -0.0414. The van der Waals surface area contributed by atoms with Crippen molar-refractivity contribution in [3.8, 4) is 5.75 Å². The molecule has 0 radical (unpaired) electrons. The van der Waals surface area contributed by atoms with Crippen molar-refractivity contribution in [2.45, 2.75) is 60.9 Å². The number of pyridine rings is 1. The van der Waals surface area contributed by atoms with E-state index in [2.05, 4.69) is 21.7 Å². The first-order valence-corrected chi connectivity index (χ1v) is 14.5. The molecular formula is C27H38N6O5S. The van der Waals surface area contributed by atoms with Crippen LogP contribution in [0.2, 0.25) is 0 Å². The molecule has 0 bridgehead atoms. The summed E-state index contributed by atoms with van der Waals surface area (Å²) < 4.78 is 22.7. The number of hydrogen-bond acceptors (Lipinski definition) is 12. The van der Waals surface area contributed by atoms with Gasteiger partial charge in [-0.3, -0.25) is 0 Å². The Morgan fingerprint density at radius 3 is 2.85 bits per heavy atom. The van der Waals surface area contributed by atoms with Crippen LogP contribution in [-0.4, -0.2) is 91.6 Å². The van der Waals surface area contributed by atoms with Gasteiger partial charge in [0.1, 0.15) is 24.1 Å². The molecule has 12 heteroatoms. The molecule has 4 aliphatic rings. The number of anilines is 2. The van der Waals surface area contributed by atoms with Crippen molar-refractivity contribution in [3.63, 3.8) is 0 Å². The minimum Gasteiger partial charge on any atom is -0.486 e. The number of aliphatic hydroxyl groups excluding tert-OH is 1. The molecule has 6 rings (SSSR count). The van der Waals surface area contributed by atoms with Gasteiger partial charge < -0.3 is 39.6 Å². The van der Waals surface area contributed by atoms with E-state index in [1.54, 1.807) is 13.3 Å². The minimum absolute atomic E-state index is 0.0320. The Morgan fingerprint density at radius 2 is 2.10 bits per heavy atom. The molecule has 4 aliphatic heterocycles. The first kappa shape index (κ1) is 27.0. The van der Waals surface area contributed by atoms with Gasteiger partial charge in [0.25, 0.3) is 0 Å². The molecule has 212 valence electrons. The molecule has 2 aromatic heterocycles. The maximum absolute atomic E-state index is 10.2. The van der Waals surface area contributed by atoms with Gasteiger partial charge in [-0.2, -0.15) is 0 Å². The van der Waals surface area contributed by atoms with Crippen molar-refractivity contribution in [2.75, 3.05) is 63.2 Å². The second-order valence-electron chi connectivity index (χ2n) is 11.1. The summed E-state index contributed by atoms with van der Waals surface area (Å²) in [7, 11) is 1.64. The molecule has 3 saturated heterocycles. The predicted octanol–water partition coefficient (Wildman–Crippen LogP) is 2.06. The zero-order chi connectivity index (χ0) is 27.0. The van der Waals surface area contributed by atoms with Crippen molar-refractivity contribution >= 4 is 23.4 Å². The largest absolute Gasteiger partial charge is 0.486 e. The third-order valence-corrected chi connectivity index (χ3v) is 9.61. The lowest BCUT2D eigenvalue weighted by Crippen LogP contribution is -2.51. The monoisotopic (exact) mass is 558 g/mol. The van der Waals surface area contributed by atoms with E-state index < -0.39 is 0 Å². The van der Waals surface area contributed by atoms with Gasteiger partial charge in [0, 0.05) is 50.3 Å². The number of hydrogen-bond donors (Lipinski definition) is 2. The van der Waals surface area contributed by atoms with Gasteiger partial charge in [-0.15, -0.1) is 0 Å².